The van der Waals surface area contributed by atoms with Gasteiger partial charge in [-0.2, -0.15) is 0 Å². The minimum absolute atomic E-state index is 0.0360. The van der Waals surface area contributed by atoms with Gasteiger partial charge in [0, 0.05) is 19.3 Å². The summed E-state index contributed by atoms with van der Waals surface area (Å²) in [4.78, 5) is 31.9. The number of aromatic hydroxyl groups is 1. The van der Waals surface area contributed by atoms with Crippen molar-refractivity contribution < 1.29 is 5.11 Å². The maximum Gasteiger partial charge on any atom is 0.331 e. The van der Waals surface area contributed by atoms with Crippen LogP contribution in [-0.2, 0) is 6.54 Å². The fourth-order valence-electron chi connectivity index (χ4n) is 2.01. The zero-order valence-corrected chi connectivity index (χ0v) is 13.6. The van der Waals surface area contributed by atoms with Crippen LogP contribution in [-0.4, -0.2) is 53.0 Å². The third-order valence-electron chi connectivity index (χ3n) is 3.34. The van der Waals surface area contributed by atoms with Gasteiger partial charge in [-0.25, -0.2) is 4.79 Å². The Labute approximate surface area is 130 Å². The number of aromatic nitrogens is 2. The Kier molecular flexibility index (Phi) is 7.59. The van der Waals surface area contributed by atoms with Crippen molar-refractivity contribution in [1.29, 1.82) is 0 Å². The molecular formula is C15H26N4O3. The highest BCUT2D eigenvalue weighted by molar-refractivity contribution is 5.81. The van der Waals surface area contributed by atoms with E-state index in [1.165, 1.54) is 10.8 Å². The highest BCUT2D eigenvalue weighted by Gasteiger charge is 2.12. The number of likely N-dealkylation sites (N-methyl/N-ethyl adjacent to an activating group) is 1. The third-order valence-corrected chi connectivity index (χ3v) is 3.34. The minimum atomic E-state index is -0.610. The molecule has 0 amide bonds. The van der Waals surface area contributed by atoms with Gasteiger partial charge >= 0.3 is 5.69 Å². The van der Waals surface area contributed by atoms with Crippen molar-refractivity contribution in [1.82, 2.24) is 14.5 Å². The summed E-state index contributed by atoms with van der Waals surface area (Å²) in [7, 11) is 3.85. The normalized spacial score (nSPS) is 11.6. The summed E-state index contributed by atoms with van der Waals surface area (Å²) in [5, 5.41) is 10.2. The maximum atomic E-state index is 11.8. The Morgan fingerprint density at radius 2 is 2.00 bits per heavy atom. The molecule has 1 aromatic heterocycles. The van der Waals surface area contributed by atoms with Gasteiger partial charge in [-0.1, -0.05) is 26.2 Å². The van der Waals surface area contributed by atoms with E-state index in [9.17, 15) is 14.7 Å². The molecule has 7 heteroatoms. The molecule has 0 spiro atoms. The number of unbranched alkanes of at least 4 members (excludes halogenated alkanes) is 3. The molecule has 124 valence electrons. The number of aromatic amines is 1. The number of H-pyrrole nitrogens is 1. The van der Waals surface area contributed by atoms with Crippen molar-refractivity contribution in [2.24, 2.45) is 4.99 Å². The minimum Gasteiger partial charge on any atom is -0.494 e. The van der Waals surface area contributed by atoms with Crippen LogP contribution >= 0.6 is 0 Å². The lowest BCUT2D eigenvalue weighted by molar-refractivity contribution is 0.392. The topological polar surface area (TPSA) is 90.7 Å². The fraction of sp³-hybridized carbons (Fsp3) is 0.667. The summed E-state index contributed by atoms with van der Waals surface area (Å²) in [6.07, 6.45) is 5.27. The van der Waals surface area contributed by atoms with Gasteiger partial charge in [-0.05, 0) is 20.5 Å². The molecule has 1 rings (SSSR count). The lowest BCUT2D eigenvalue weighted by Gasteiger charge is -2.09. The molecule has 0 aliphatic rings. The van der Waals surface area contributed by atoms with E-state index >= 15 is 0 Å². The average Bonchev–Trinajstić information content (AvgIpc) is 2.45. The molecule has 1 heterocycles. The van der Waals surface area contributed by atoms with Crippen molar-refractivity contribution in [3.8, 4) is 5.88 Å². The van der Waals surface area contributed by atoms with E-state index in [2.05, 4.69) is 16.9 Å². The monoisotopic (exact) mass is 310 g/mol. The van der Waals surface area contributed by atoms with E-state index in [4.69, 9.17) is 0 Å². The zero-order chi connectivity index (χ0) is 16.5. The molecule has 22 heavy (non-hydrogen) atoms. The Bertz CT molecular complexity index is 602. The Morgan fingerprint density at radius 3 is 2.64 bits per heavy atom. The number of aliphatic imine (C=N–C) groups is 1. The molecule has 0 saturated heterocycles. The molecule has 0 aromatic carbocycles. The first-order valence-corrected chi connectivity index (χ1v) is 7.68. The highest BCUT2D eigenvalue weighted by Crippen LogP contribution is 2.10. The van der Waals surface area contributed by atoms with Gasteiger partial charge in [0.2, 0.25) is 5.88 Å². The molecular weight excluding hydrogens is 284 g/mol. The first kappa shape index (κ1) is 18.2. The van der Waals surface area contributed by atoms with E-state index in [-0.39, 0.29) is 11.4 Å². The van der Waals surface area contributed by atoms with E-state index < -0.39 is 11.2 Å². The van der Waals surface area contributed by atoms with E-state index in [1.54, 1.807) is 0 Å². The van der Waals surface area contributed by atoms with Crippen molar-refractivity contribution in [3.05, 3.63) is 26.4 Å². The molecule has 1 aromatic rings. The predicted octanol–water partition coefficient (Wildman–Crippen LogP) is 0.803. The van der Waals surface area contributed by atoms with Gasteiger partial charge in [0.15, 0.2) is 0 Å². The fourth-order valence-corrected chi connectivity index (χ4v) is 2.01. The molecule has 0 aliphatic carbocycles. The molecule has 0 unspecified atom stereocenters. The van der Waals surface area contributed by atoms with Gasteiger partial charge in [-0.15, -0.1) is 0 Å². The van der Waals surface area contributed by atoms with Gasteiger partial charge in [0.1, 0.15) is 5.56 Å². The standard InChI is InChI=1S/C15H26N4O3/c1-4-5-6-7-9-19-14(21)12(13(20)17-15(19)22)11-16-8-10-18(2)3/h11,21H,4-10H2,1-3H3,(H,17,20,22). The van der Waals surface area contributed by atoms with Crippen LogP contribution in [0.2, 0.25) is 0 Å². The van der Waals surface area contributed by atoms with Crippen molar-refractivity contribution in [3.63, 3.8) is 0 Å². The van der Waals surface area contributed by atoms with Crippen LogP contribution in [0.3, 0.4) is 0 Å². The van der Waals surface area contributed by atoms with Crippen LogP contribution in [0.4, 0.5) is 0 Å². The average molecular weight is 310 g/mol. The van der Waals surface area contributed by atoms with Crippen molar-refractivity contribution >= 4 is 6.21 Å². The van der Waals surface area contributed by atoms with Crippen molar-refractivity contribution in [2.75, 3.05) is 27.2 Å². The number of nitrogens with one attached hydrogen (secondary N) is 1. The van der Waals surface area contributed by atoms with Gasteiger partial charge in [0.05, 0.1) is 6.54 Å². The second-order valence-corrected chi connectivity index (χ2v) is 5.55. The third kappa shape index (κ3) is 5.48. The molecule has 2 N–H and O–H groups in total. The summed E-state index contributed by atoms with van der Waals surface area (Å²) in [6, 6.07) is 0. The summed E-state index contributed by atoms with van der Waals surface area (Å²) in [5.74, 6) is -0.307. The Balaban J connectivity index is 2.89. The first-order valence-electron chi connectivity index (χ1n) is 7.68. The van der Waals surface area contributed by atoms with Gasteiger partial charge < -0.3 is 10.0 Å². The number of hydrogen-bond acceptors (Lipinski definition) is 5. The lowest BCUT2D eigenvalue weighted by atomic mass is 10.2. The van der Waals surface area contributed by atoms with Crippen LogP contribution in [0.5, 0.6) is 5.88 Å². The second-order valence-electron chi connectivity index (χ2n) is 5.55. The molecule has 0 atom stereocenters. The molecule has 0 saturated carbocycles. The van der Waals surface area contributed by atoms with Crippen LogP contribution in [0.25, 0.3) is 0 Å². The van der Waals surface area contributed by atoms with Gasteiger partial charge in [0.25, 0.3) is 5.56 Å². The molecule has 0 radical (unpaired) electrons. The van der Waals surface area contributed by atoms with Crippen LogP contribution in [0, 0.1) is 0 Å². The maximum absolute atomic E-state index is 11.8. The predicted molar refractivity (Wildman–Crippen MR) is 88.1 cm³/mol. The summed E-state index contributed by atoms with van der Waals surface area (Å²) in [6.45, 7) is 3.75. The smallest absolute Gasteiger partial charge is 0.331 e. The summed E-state index contributed by atoms with van der Waals surface area (Å²) >= 11 is 0. The van der Waals surface area contributed by atoms with E-state index in [1.807, 2.05) is 19.0 Å². The second kappa shape index (κ2) is 9.19. The zero-order valence-electron chi connectivity index (χ0n) is 13.6. The van der Waals surface area contributed by atoms with E-state index in [0.717, 1.165) is 32.2 Å². The summed E-state index contributed by atoms with van der Waals surface area (Å²) in [5.41, 5.74) is -1.15. The summed E-state index contributed by atoms with van der Waals surface area (Å²) < 4.78 is 1.20. The van der Waals surface area contributed by atoms with Crippen LogP contribution < -0.4 is 11.2 Å². The number of rotatable bonds is 9. The largest absolute Gasteiger partial charge is 0.494 e. The lowest BCUT2D eigenvalue weighted by Crippen LogP contribution is -2.32. The van der Waals surface area contributed by atoms with Gasteiger partial charge in [-0.3, -0.25) is 19.3 Å². The molecule has 0 aliphatic heterocycles. The molecule has 0 fully saturated rings. The molecule has 0 bridgehead atoms. The van der Waals surface area contributed by atoms with Crippen molar-refractivity contribution in [2.45, 2.75) is 39.2 Å². The number of hydrogen-bond donors (Lipinski definition) is 2. The quantitative estimate of drug-likeness (QED) is 0.521. The van der Waals surface area contributed by atoms with Crippen LogP contribution in [0.15, 0.2) is 14.6 Å². The SMILES string of the molecule is CCCCCCn1c(O)c(C=NCCN(C)C)c(=O)[nH]c1=O. The highest BCUT2D eigenvalue weighted by atomic mass is 16.3. The van der Waals surface area contributed by atoms with E-state index in [0.29, 0.717) is 13.1 Å². The Morgan fingerprint density at radius 1 is 1.27 bits per heavy atom. The van der Waals surface area contributed by atoms with Crippen LogP contribution in [0.1, 0.15) is 38.2 Å². The first-order chi connectivity index (χ1) is 10.5. The Hall–Kier alpha value is -1.89. The number of nitrogens with zero attached hydrogens (tertiary/aromatic N) is 3. The molecule has 7 nitrogen and oxygen atoms in total.